The second kappa shape index (κ2) is 6.18. The Labute approximate surface area is 137 Å². The maximum atomic E-state index is 12.6. The highest BCUT2D eigenvalue weighted by Crippen LogP contribution is 2.36. The molecule has 1 fully saturated rings. The summed E-state index contributed by atoms with van der Waals surface area (Å²) in [7, 11) is 1.47. The van der Waals surface area contributed by atoms with Gasteiger partial charge in [-0.3, -0.25) is 15.1 Å². The van der Waals surface area contributed by atoms with Crippen LogP contribution in [0.5, 0.6) is 11.5 Å². The van der Waals surface area contributed by atoms with E-state index in [0.29, 0.717) is 16.3 Å². The number of hydrogen-bond acceptors (Lipinski definition) is 5. The number of nitrogens with zero attached hydrogens (tertiary/aromatic N) is 1. The van der Waals surface area contributed by atoms with E-state index in [4.69, 9.17) is 10.1 Å². The predicted octanol–water partition coefficient (Wildman–Crippen LogP) is 3.46. The van der Waals surface area contributed by atoms with Crippen molar-refractivity contribution in [3.63, 3.8) is 0 Å². The van der Waals surface area contributed by atoms with Gasteiger partial charge in [-0.25, -0.2) is 0 Å². The van der Waals surface area contributed by atoms with E-state index in [-0.39, 0.29) is 16.8 Å². The fraction of sp³-hybridized carbons (Fsp3) is 0.0588. The molecule has 23 heavy (non-hydrogen) atoms. The Bertz CT molecular complexity index is 803. The Hall–Kier alpha value is -2.73. The van der Waals surface area contributed by atoms with Gasteiger partial charge in [0.25, 0.3) is 5.91 Å². The van der Waals surface area contributed by atoms with Gasteiger partial charge in [0, 0.05) is 0 Å². The second-order valence-electron chi connectivity index (χ2n) is 4.82. The number of benzene rings is 2. The monoisotopic (exact) mass is 326 g/mol. The smallest absolute Gasteiger partial charge is 0.271 e. The van der Waals surface area contributed by atoms with Crippen LogP contribution in [0.2, 0.25) is 0 Å². The highest BCUT2D eigenvalue weighted by atomic mass is 32.2. The first-order valence-electron chi connectivity index (χ1n) is 6.85. The molecule has 0 atom stereocenters. The number of hydrogen-bond donors (Lipinski definition) is 2. The molecule has 1 aliphatic heterocycles. The summed E-state index contributed by atoms with van der Waals surface area (Å²) in [5, 5.41) is 17.8. The summed E-state index contributed by atoms with van der Waals surface area (Å²) in [5.41, 5.74) is 1.39. The number of amidine groups is 1. The number of thioether (sulfide) groups is 1. The molecular weight excluding hydrogens is 312 g/mol. The van der Waals surface area contributed by atoms with Gasteiger partial charge in [0.2, 0.25) is 0 Å². The number of rotatable bonds is 3. The number of anilines is 1. The maximum absolute atomic E-state index is 12.6. The molecule has 116 valence electrons. The van der Waals surface area contributed by atoms with Crippen molar-refractivity contribution in [2.45, 2.75) is 0 Å². The lowest BCUT2D eigenvalue weighted by atomic mass is 10.2. The van der Waals surface area contributed by atoms with Gasteiger partial charge < -0.3 is 9.84 Å². The lowest BCUT2D eigenvalue weighted by Gasteiger charge is -2.13. The average molecular weight is 326 g/mol. The molecule has 0 unspecified atom stereocenters. The summed E-state index contributed by atoms with van der Waals surface area (Å²) < 4.78 is 5.06. The topological polar surface area (TPSA) is 73.6 Å². The molecule has 0 spiro atoms. The van der Waals surface area contributed by atoms with Crippen LogP contribution in [0.25, 0.3) is 6.08 Å². The number of methoxy groups -OCH3 is 1. The fourth-order valence-corrected chi connectivity index (χ4v) is 3.10. The molecule has 2 N–H and O–H groups in total. The van der Waals surface area contributed by atoms with Crippen molar-refractivity contribution in [1.29, 1.82) is 5.41 Å². The summed E-state index contributed by atoms with van der Waals surface area (Å²) in [6.07, 6.45) is 1.69. The SMILES string of the molecule is COc1cc(/C=C2\SC(=N)N(c3ccccc3)C2=O)ccc1O. The third-order valence-corrected chi connectivity index (χ3v) is 4.23. The van der Waals surface area contributed by atoms with Crippen LogP contribution in [0.1, 0.15) is 5.56 Å². The van der Waals surface area contributed by atoms with Gasteiger partial charge in [-0.15, -0.1) is 0 Å². The van der Waals surface area contributed by atoms with Crippen molar-refractivity contribution in [1.82, 2.24) is 0 Å². The van der Waals surface area contributed by atoms with Crippen molar-refractivity contribution < 1.29 is 14.6 Å². The summed E-state index contributed by atoms with van der Waals surface area (Å²) >= 11 is 1.11. The predicted molar refractivity (Wildman–Crippen MR) is 91.9 cm³/mol. The number of aromatic hydroxyl groups is 1. The minimum atomic E-state index is -0.238. The second-order valence-corrected chi connectivity index (χ2v) is 5.85. The van der Waals surface area contributed by atoms with Crippen molar-refractivity contribution >= 4 is 34.6 Å². The Kier molecular flexibility index (Phi) is 4.08. The lowest BCUT2D eigenvalue weighted by Crippen LogP contribution is -2.27. The molecule has 3 rings (SSSR count). The Balaban J connectivity index is 1.93. The van der Waals surface area contributed by atoms with Gasteiger partial charge in [-0.2, -0.15) is 0 Å². The first-order valence-corrected chi connectivity index (χ1v) is 7.66. The van der Waals surface area contributed by atoms with Gasteiger partial charge in [0.1, 0.15) is 0 Å². The molecule has 2 aromatic rings. The molecule has 1 aliphatic rings. The van der Waals surface area contributed by atoms with Crippen molar-refractivity contribution in [3.8, 4) is 11.5 Å². The number of carbonyl (C=O) groups is 1. The summed E-state index contributed by atoms with van der Waals surface area (Å²) in [6.45, 7) is 0. The first-order chi connectivity index (χ1) is 11.1. The zero-order chi connectivity index (χ0) is 16.4. The van der Waals surface area contributed by atoms with Crippen LogP contribution in [-0.2, 0) is 4.79 Å². The van der Waals surface area contributed by atoms with Gasteiger partial charge in [-0.1, -0.05) is 24.3 Å². The zero-order valence-electron chi connectivity index (χ0n) is 12.3. The lowest BCUT2D eigenvalue weighted by molar-refractivity contribution is -0.113. The standard InChI is InChI=1S/C17H14N2O3S/c1-22-14-9-11(7-8-13(14)20)10-15-16(21)19(17(18)23-15)12-5-3-2-4-6-12/h2-10,18,20H,1H3/b15-10-,18-17?. The van der Waals surface area contributed by atoms with Crippen LogP contribution >= 0.6 is 11.8 Å². The molecule has 1 saturated heterocycles. The number of phenols is 1. The number of para-hydroxylation sites is 1. The third-order valence-electron chi connectivity index (χ3n) is 3.34. The van der Waals surface area contributed by atoms with Gasteiger partial charge in [0.15, 0.2) is 16.7 Å². The van der Waals surface area contributed by atoms with Crippen LogP contribution in [0, 0.1) is 5.41 Å². The van der Waals surface area contributed by atoms with E-state index in [1.54, 1.807) is 30.3 Å². The average Bonchev–Trinajstić information content (AvgIpc) is 2.84. The molecule has 1 amide bonds. The largest absolute Gasteiger partial charge is 0.504 e. The molecule has 0 aromatic heterocycles. The van der Waals surface area contributed by atoms with Gasteiger partial charge in [0.05, 0.1) is 17.7 Å². The minimum Gasteiger partial charge on any atom is -0.504 e. The normalized spacial score (nSPS) is 16.2. The summed E-state index contributed by atoms with van der Waals surface area (Å²) in [5.74, 6) is 0.140. The van der Waals surface area contributed by atoms with Crippen LogP contribution in [0.3, 0.4) is 0 Å². The molecule has 0 aliphatic carbocycles. The number of carbonyl (C=O) groups excluding carboxylic acids is 1. The van der Waals surface area contributed by atoms with E-state index in [2.05, 4.69) is 0 Å². The summed E-state index contributed by atoms with van der Waals surface area (Å²) in [6, 6.07) is 13.9. The van der Waals surface area contributed by atoms with E-state index in [1.165, 1.54) is 18.1 Å². The molecular formula is C17H14N2O3S. The number of amides is 1. The van der Waals surface area contributed by atoms with Crippen molar-refractivity contribution in [2.75, 3.05) is 12.0 Å². The summed E-state index contributed by atoms with van der Waals surface area (Å²) in [4.78, 5) is 14.4. The van der Waals surface area contributed by atoms with Crippen molar-refractivity contribution in [3.05, 3.63) is 59.0 Å². The van der Waals surface area contributed by atoms with Crippen LogP contribution in [0.4, 0.5) is 5.69 Å². The van der Waals surface area contributed by atoms with Gasteiger partial charge in [-0.05, 0) is 47.7 Å². The molecule has 1 heterocycles. The van der Waals surface area contributed by atoms with E-state index in [1.807, 2.05) is 18.2 Å². The third kappa shape index (κ3) is 2.93. The zero-order valence-corrected chi connectivity index (χ0v) is 13.1. The molecule has 2 aromatic carbocycles. The Morgan fingerprint density at radius 3 is 2.65 bits per heavy atom. The Morgan fingerprint density at radius 1 is 1.22 bits per heavy atom. The molecule has 0 bridgehead atoms. The quantitative estimate of drug-likeness (QED) is 0.847. The van der Waals surface area contributed by atoms with Gasteiger partial charge >= 0.3 is 0 Å². The van der Waals surface area contributed by atoms with E-state index in [9.17, 15) is 9.90 Å². The highest BCUT2D eigenvalue weighted by Gasteiger charge is 2.33. The van der Waals surface area contributed by atoms with E-state index < -0.39 is 0 Å². The number of ether oxygens (including phenoxy) is 1. The fourth-order valence-electron chi connectivity index (χ4n) is 2.23. The van der Waals surface area contributed by atoms with Crippen LogP contribution < -0.4 is 9.64 Å². The molecule has 0 saturated carbocycles. The van der Waals surface area contributed by atoms with E-state index >= 15 is 0 Å². The number of phenolic OH excluding ortho intramolecular Hbond substituents is 1. The minimum absolute atomic E-state index is 0.0405. The molecule has 6 heteroatoms. The first kappa shape index (κ1) is 15.2. The molecule has 5 nitrogen and oxygen atoms in total. The van der Waals surface area contributed by atoms with Crippen LogP contribution in [-0.4, -0.2) is 23.3 Å². The Morgan fingerprint density at radius 2 is 1.96 bits per heavy atom. The molecule has 0 radical (unpaired) electrons. The maximum Gasteiger partial charge on any atom is 0.271 e. The van der Waals surface area contributed by atoms with E-state index in [0.717, 1.165) is 17.3 Å². The van der Waals surface area contributed by atoms with Crippen LogP contribution in [0.15, 0.2) is 53.4 Å². The van der Waals surface area contributed by atoms with Crippen molar-refractivity contribution in [2.24, 2.45) is 0 Å². The number of nitrogens with one attached hydrogen (secondary N) is 1. The highest BCUT2D eigenvalue weighted by molar-refractivity contribution is 8.19.